The van der Waals surface area contributed by atoms with Crippen molar-refractivity contribution in [3.05, 3.63) is 68.9 Å². The van der Waals surface area contributed by atoms with E-state index < -0.39 is 33.9 Å². The summed E-state index contributed by atoms with van der Waals surface area (Å²) < 4.78 is 81.3. The van der Waals surface area contributed by atoms with Crippen LogP contribution < -0.4 is 14.8 Å². The van der Waals surface area contributed by atoms with E-state index >= 15 is 0 Å². The Labute approximate surface area is 198 Å². The minimum atomic E-state index is -5.05. The molecule has 7 nitrogen and oxygen atoms in total. The van der Waals surface area contributed by atoms with Gasteiger partial charge in [0.25, 0.3) is 15.9 Å². The van der Waals surface area contributed by atoms with Crippen LogP contribution in [0.4, 0.5) is 22.7 Å². The molecule has 3 aromatic rings. The minimum absolute atomic E-state index is 0.0387. The first-order valence-electron chi connectivity index (χ1n) is 8.60. The Hall–Kier alpha value is -2.61. The lowest BCUT2D eigenvalue weighted by Crippen LogP contribution is -2.23. The summed E-state index contributed by atoms with van der Waals surface area (Å²) >= 11 is 12.7. The van der Waals surface area contributed by atoms with Gasteiger partial charge in [0.1, 0.15) is 4.34 Å². The molecule has 15 heteroatoms. The number of halogens is 6. The topological polar surface area (TPSA) is 97.4 Å². The van der Waals surface area contributed by atoms with E-state index in [0.29, 0.717) is 0 Å². The molecule has 0 fully saturated rings. The van der Waals surface area contributed by atoms with E-state index in [0.717, 1.165) is 41.7 Å². The van der Waals surface area contributed by atoms with Crippen molar-refractivity contribution in [2.24, 2.45) is 0 Å². The largest absolute Gasteiger partial charge is 0.573 e. The van der Waals surface area contributed by atoms with Crippen LogP contribution in [0.15, 0.2) is 47.5 Å². The molecule has 0 aliphatic heterocycles. The second-order valence-corrected chi connectivity index (χ2v) is 9.96. The lowest BCUT2D eigenvalue weighted by molar-refractivity contribution is -0.275. The van der Waals surface area contributed by atoms with Crippen molar-refractivity contribution >= 4 is 55.6 Å². The number of nitrogens with one attached hydrogen (secondary N) is 2. The lowest BCUT2D eigenvalue weighted by Gasteiger charge is -2.12. The van der Waals surface area contributed by atoms with Gasteiger partial charge in [0.15, 0.2) is 16.7 Å². The first kappa shape index (κ1) is 25.0. The number of nitrogens with zero attached hydrogens (tertiary/aromatic N) is 1. The van der Waals surface area contributed by atoms with Gasteiger partial charge >= 0.3 is 6.36 Å². The first-order chi connectivity index (χ1) is 15.3. The zero-order valence-electron chi connectivity index (χ0n) is 15.9. The number of benzene rings is 2. The molecular formula is C18H11Cl2F4N3O4S2. The molecule has 0 saturated heterocycles. The summed E-state index contributed by atoms with van der Waals surface area (Å²) in [6.45, 7) is -0.245. The van der Waals surface area contributed by atoms with E-state index in [1.165, 1.54) is 12.3 Å². The maximum absolute atomic E-state index is 13.8. The Bertz CT molecular complexity index is 1300. The van der Waals surface area contributed by atoms with Crippen molar-refractivity contribution < 1.29 is 35.5 Å². The standard InChI is InChI=1S/C18H11Cl2F4N3O4S2/c19-12-6-10(33(29,30)27-17-26-8-15(20)32-17)2-3-11(12)16(28)25-7-9-1-4-14(13(21)5-9)31-18(22,23)24/h1-6,8H,7H2,(H,25,28)(H,26,27). The van der Waals surface area contributed by atoms with Crippen LogP contribution in [-0.4, -0.2) is 25.7 Å². The Morgan fingerprint density at radius 3 is 2.45 bits per heavy atom. The fourth-order valence-corrected chi connectivity index (χ4v) is 4.87. The van der Waals surface area contributed by atoms with Gasteiger partial charge in [-0.25, -0.2) is 17.8 Å². The van der Waals surface area contributed by atoms with Crippen LogP contribution in [0.2, 0.25) is 9.36 Å². The summed E-state index contributed by atoms with van der Waals surface area (Å²) in [5, 5.41) is 2.26. The maximum Gasteiger partial charge on any atom is 0.573 e. The number of anilines is 1. The lowest BCUT2D eigenvalue weighted by atomic mass is 10.2. The number of carbonyl (C=O) groups excluding carboxylic acids is 1. The zero-order valence-corrected chi connectivity index (χ0v) is 19.1. The molecule has 0 aliphatic carbocycles. The zero-order chi connectivity index (χ0) is 24.4. The van der Waals surface area contributed by atoms with Gasteiger partial charge in [-0.15, -0.1) is 13.2 Å². The van der Waals surface area contributed by atoms with Gasteiger partial charge in [-0.1, -0.05) is 40.6 Å². The van der Waals surface area contributed by atoms with Crippen LogP contribution in [0.5, 0.6) is 5.75 Å². The summed E-state index contributed by atoms with van der Waals surface area (Å²) in [5.74, 6) is -2.99. The number of hydrogen-bond acceptors (Lipinski definition) is 6. The fourth-order valence-electron chi connectivity index (χ4n) is 2.46. The summed E-state index contributed by atoms with van der Waals surface area (Å²) in [7, 11) is -4.05. The molecule has 0 bridgehead atoms. The van der Waals surface area contributed by atoms with Crippen LogP contribution in [0.25, 0.3) is 0 Å². The number of alkyl halides is 3. The van der Waals surface area contributed by atoms with E-state index in [1.54, 1.807) is 0 Å². The highest BCUT2D eigenvalue weighted by molar-refractivity contribution is 7.93. The van der Waals surface area contributed by atoms with E-state index in [-0.39, 0.29) is 37.1 Å². The highest BCUT2D eigenvalue weighted by Gasteiger charge is 2.32. The number of aromatic nitrogens is 1. The second-order valence-electron chi connectivity index (χ2n) is 6.21. The summed E-state index contributed by atoms with van der Waals surface area (Å²) in [6, 6.07) is 6.05. The van der Waals surface area contributed by atoms with Crippen molar-refractivity contribution in [1.82, 2.24) is 10.3 Å². The Balaban J connectivity index is 1.68. The molecule has 2 N–H and O–H groups in total. The highest BCUT2D eigenvalue weighted by Crippen LogP contribution is 2.28. The normalized spacial score (nSPS) is 11.8. The monoisotopic (exact) mass is 543 g/mol. The fraction of sp³-hybridized carbons (Fsp3) is 0.111. The smallest absolute Gasteiger partial charge is 0.403 e. The average Bonchev–Trinajstić information content (AvgIpc) is 3.10. The molecule has 3 rings (SSSR count). The van der Waals surface area contributed by atoms with E-state index in [1.807, 2.05) is 0 Å². The molecule has 1 heterocycles. The maximum atomic E-state index is 13.8. The van der Waals surface area contributed by atoms with Gasteiger partial charge in [-0.3, -0.25) is 9.52 Å². The molecule has 0 unspecified atom stereocenters. The third kappa shape index (κ3) is 6.69. The van der Waals surface area contributed by atoms with Crippen molar-refractivity contribution in [1.29, 1.82) is 0 Å². The Kier molecular flexibility index (Phi) is 7.36. The van der Waals surface area contributed by atoms with Crippen LogP contribution in [-0.2, 0) is 16.6 Å². The third-order valence-corrected chi connectivity index (χ3v) is 6.68. The van der Waals surface area contributed by atoms with E-state index in [2.05, 4.69) is 19.8 Å². The van der Waals surface area contributed by atoms with Crippen LogP contribution in [0, 0.1) is 5.82 Å². The number of amides is 1. The van der Waals surface area contributed by atoms with Crippen molar-refractivity contribution in [2.75, 3.05) is 4.72 Å². The van der Waals surface area contributed by atoms with Crippen molar-refractivity contribution in [3.8, 4) is 5.75 Å². The minimum Gasteiger partial charge on any atom is -0.403 e. The van der Waals surface area contributed by atoms with Crippen LogP contribution >= 0.6 is 34.5 Å². The van der Waals surface area contributed by atoms with Gasteiger partial charge < -0.3 is 10.1 Å². The van der Waals surface area contributed by atoms with E-state index in [9.17, 15) is 30.8 Å². The number of ether oxygens (including phenoxy) is 1. The van der Waals surface area contributed by atoms with Crippen molar-refractivity contribution in [2.45, 2.75) is 17.8 Å². The van der Waals surface area contributed by atoms with Gasteiger partial charge in [0.2, 0.25) is 0 Å². The molecule has 1 amide bonds. The van der Waals surface area contributed by atoms with Crippen LogP contribution in [0.3, 0.4) is 0 Å². The molecule has 1 aromatic heterocycles. The molecule has 33 heavy (non-hydrogen) atoms. The van der Waals surface area contributed by atoms with Gasteiger partial charge in [-0.2, -0.15) is 0 Å². The molecule has 0 atom stereocenters. The molecule has 176 valence electrons. The summed E-state index contributed by atoms with van der Waals surface area (Å²) in [6.07, 6.45) is -3.77. The quantitative estimate of drug-likeness (QED) is 0.398. The first-order valence-corrected chi connectivity index (χ1v) is 11.7. The Morgan fingerprint density at radius 1 is 1.15 bits per heavy atom. The molecule has 0 radical (unpaired) electrons. The average molecular weight is 544 g/mol. The summed E-state index contributed by atoms with van der Waals surface area (Å²) in [4.78, 5) is 15.9. The molecule has 0 aliphatic rings. The number of rotatable bonds is 7. The molecule has 2 aromatic carbocycles. The predicted octanol–water partition coefficient (Wildman–Crippen LogP) is 5.22. The molecular weight excluding hydrogens is 533 g/mol. The highest BCUT2D eigenvalue weighted by atomic mass is 35.5. The summed E-state index contributed by atoms with van der Waals surface area (Å²) in [5.41, 5.74) is 0.0717. The third-order valence-electron chi connectivity index (χ3n) is 3.87. The predicted molar refractivity (Wildman–Crippen MR) is 114 cm³/mol. The van der Waals surface area contributed by atoms with Crippen LogP contribution in [0.1, 0.15) is 15.9 Å². The van der Waals surface area contributed by atoms with E-state index in [4.69, 9.17) is 23.2 Å². The molecule has 0 saturated carbocycles. The number of sulfonamides is 1. The van der Waals surface area contributed by atoms with Gasteiger partial charge in [0, 0.05) is 6.54 Å². The SMILES string of the molecule is O=C(NCc1ccc(OC(F)(F)F)c(F)c1)c1ccc(S(=O)(=O)Nc2ncc(Cl)s2)cc1Cl. The molecule has 0 spiro atoms. The Morgan fingerprint density at radius 2 is 1.88 bits per heavy atom. The number of thiazole rings is 1. The number of hydrogen-bond donors (Lipinski definition) is 2. The number of carbonyl (C=O) groups is 1. The van der Waals surface area contributed by atoms with Gasteiger partial charge in [-0.05, 0) is 35.9 Å². The van der Waals surface area contributed by atoms with Gasteiger partial charge in [0.05, 0.1) is 21.7 Å². The van der Waals surface area contributed by atoms with Crippen molar-refractivity contribution in [3.63, 3.8) is 0 Å². The second kappa shape index (κ2) is 9.71.